The van der Waals surface area contributed by atoms with E-state index in [4.69, 9.17) is 5.73 Å². The molecule has 5 heteroatoms. The van der Waals surface area contributed by atoms with Gasteiger partial charge in [-0.1, -0.05) is 41.5 Å². The minimum atomic E-state index is -2.85. The van der Waals surface area contributed by atoms with E-state index < -0.39 is 24.1 Å². The van der Waals surface area contributed by atoms with Crippen LogP contribution >= 0.6 is 0 Å². The summed E-state index contributed by atoms with van der Waals surface area (Å²) in [5.74, 6) is -3.75. The zero-order valence-corrected chi connectivity index (χ0v) is 19.0. The molecule has 0 heterocycles. The maximum Gasteiger partial charge on any atom is 0.249 e. The number of amides is 1. The van der Waals surface area contributed by atoms with Crippen molar-refractivity contribution >= 4 is 11.5 Å². The summed E-state index contributed by atoms with van der Waals surface area (Å²) in [4.78, 5) is 11.7. The Bertz CT molecular complexity index is 1180. The van der Waals surface area contributed by atoms with E-state index in [1.54, 1.807) is 6.07 Å². The average molecular weight is 452 g/mol. The van der Waals surface area contributed by atoms with E-state index in [0.29, 0.717) is 36.0 Å². The first-order valence-electron chi connectivity index (χ1n) is 11.3. The van der Waals surface area contributed by atoms with Crippen molar-refractivity contribution in [1.29, 1.82) is 0 Å². The fraction of sp³-hybridized carbons (Fsp3) is 0.321. The van der Waals surface area contributed by atoms with Crippen LogP contribution in [0, 0.1) is 6.92 Å². The van der Waals surface area contributed by atoms with Gasteiger partial charge < -0.3 is 5.73 Å². The molecule has 0 bridgehead atoms. The second kappa shape index (κ2) is 9.05. The van der Waals surface area contributed by atoms with Crippen LogP contribution in [-0.2, 0) is 6.42 Å². The van der Waals surface area contributed by atoms with Gasteiger partial charge in [-0.3, -0.25) is 4.79 Å². The van der Waals surface area contributed by atoms with Gasteiger partial charge in [0.05, 0.1) is 0 Å². The first-order valence-corrected chi connectivity index (χ1v) is 11.3. The Hall–Kier alpha value is -3.08. The van der Waals surface area contributed by atoms with Crippen LogP contribution in [0.4, 0.5) is 13.2 Å². The molecule has 0 saturated carbocycles. The number of primary amides is 1. The third-order valence-corrected chi connectivity index (χ3v) is 6.39. The molecule has 4 rings (SSSR count). The highest BCUT2D eigenvalue weighted by atomic mass is 19.3. The molecular formula is C28H28F3NO. The summed E-state index contributed by atoms with van der Waals surface area (Å²) >= 11 is 0. The van der Waals surface area contributed by atoms with Crippen LogP contribution in [-0.4, -0.2) is 11.8 Å². The van der Waals surface area contributed by atoms with E-state index in [2.05, 4.69) is 0 Å². The molecule has 0 atom stereocenters. The second-order valence-electron chi connectivity index (χ2n) is 9.19. The first-order chi connectivity index (χ1) is 15.6. The molecule has 1 amide bonds. The van der Waals surface area contributed by atoms with Crippen LogP contribution in [0.25, 0.3) is 5.57 Å². The van der Waals surface area contributed by atoms with Gasteiger partial charge in [0.25, 0.3) is 0 Å². The molecule has 2 nitrogen and oxygen atoms in total. The number of carbonyl (C=O) groups excluding carboxylic acids is 1. The normalized spacial score (nSPS) is 16.9. The average Bonchev–Trinajstić information content (AvgIpc) is 2.92. The number of allylic oxidation sites excluding steroid dienone is 5. The Morgan fingerprint density at radius 3 is 2.36 bits per heavy atom. The Labute approximate surface area is 192 Å². The third-order valence-electron chi connectivity index (χ3n) is 6.39. The van der Waals surface area contributed by atoms with Crippen LogP contribution in [0.15, 0.2) is 71.1 Å². The van der Waals surface area contributed by atoms with Crippen molar-refractivity contribution < 1.29 is 18.0 Å². The van der Waals surface area contributed by atoms with Crippen molar-refractivity contribution in [1.82, 2.24) is 0 Å². The molecule has 172 valence electrons. The van der Waals surface area contributed by atoms with Gasteiger partial charge in [-0.2, -0.15) is 0 Å². The summed E-state index contributed by atoms with van der Waals surface area (Å²) < 4.78 is 42.3. The fourth-order valence-corrected chi connectivity index (χ4v) is 4.87. The Morgan fingerprint density at radius 1 is 1.00 bits per heavy atom. The molecule has 2 N–H and O–H groups in total. The zero-order valence-electron chi connectivity index (χ0n) is 19.0. The summed E-state index contributed by atoms with van der Waals surface area (Å²) in [5.41, 5.74) is 12.9. The molecule has 0 radical (unpaired) electrons. The highest BCUT2D eigenvalue weighted by molar-refractivity contribution is 5.94. The lowest BCUT2D eigenvalue weighted by molar-refractivity contribution is 0.0218. The number of nitrogens with two attached hydrogens (primary N) is 1. The summed E-state index contributed by atoms with van der Waals surface area (Å²) in [7, 11) is 0. The van der Waals surface area contributed by atoms with Crippen molar-refractivity contribution in [2.75, 3.05) is 0 Å². The van der Waals surface area contributed by atoms with Crippen molar-refractivity contribution in [2.24, 2.45) is 5.73 Å². The van der Waals surface area contributed by atoms with E-state index >= 15 is 4.39 Å². The quantitative estimate of drug-likeness (QED) is 0.512. The number of hydrogen-bond acceptors (Lipinski definition) is 1. The Kier molecular flexibility index (Phi) is 6.33. The van der Waals surface area contributed by atoms with Gasteiger partial charge >= 0.3 is 0 Å². The smallest absolute Gasteiger partial charge is 0.249 e. The van der Waals surface area contributed by atoms with Gasteiger partial charge in [0.2, 0.25) is 11.8 Å². The highest BCUT2D eigenvalue weighted by Gasteiger charge is 2.28. The van der Waals surface area contributed by atoms with E-state index in [1.807, 2.05) is 43.3 Å². The van der Waals surface area contributed by atoms with Crippen molar-refractivity contribution in [3.63, 3.8) is 0 Å². The van der Waals surface area contributed by atoms with Crippen LogP contribution < -0.4 is 5.73 Å². The van der Waals surface area contributed by atoms with Crippen molar-refractivity contribution in [2.45, 2.75) is 58.3 Å². The van der Waals surface area contributed by atoms with E-state index in [-0.39, 0.29) is 0 Å². The number of aryl methyl sites for hydroxylation is 2. The van der Waals surface area contributed by atoms with Crippen LogP contribution in [0.2, 0.25) is 0 Å². The van der Waals surface area contributed by atoms with Gasteiger partial charge in [0.15, 0.2) is 0 Å². The molecule has 0 saturated heterocycles. The number of carbonyl (C=O) groups is 1. The molecule has 0 fully saturated rings. The maximum atomic E-state index is 15.4. The van der Waals surface area contributed by atoms with Crippen LogP contribution in [0.1, 0.15) is 71.6 Å². The number of rotatable bonds is 5. The van der Waals surface area contributed by atoms with Crippen molar-refractivity contribution in [3.05, 3.63) is 98.9 Å². The molecule has 2 aromatic rings. The topological polar surface area (TPSA) is 43.1 Å². The Morgan fingerprint density at radius 2 is 1.73 bits per heavy atom. The second-order valence-corrected chi connectivity index (χ2v) is 9.19. The lowest BCUT2D eigenvalue weighted by Crippen LogP contribution is -2.13. The number of benzene rings is 2. The monoisotopic (exact) mass is 451 g/mol. The Balaban J connectivity index is 1.90. The summed E-state index contributed by atoms with van der Waals surface area (Å²) in [6.45, 7) is 2.88. The van der Waals surface area contributed by atoms with Crippen LogP contribution in [0.3, 0.4) is 0 Å². The van der Waals surface area contributed by atoms with Gasteiger partial charge in [0.1, 0.15) is 5.83 Å². The molecule has 0 spiro atoms. The molecule has 33 heavy (non-hydrogen) atoms. The largest absolute Gasteiger partial charge is 0.366 e. The summed E-state index contributed by atoms with van der Waals surface area (Å²) in [5, 5.41) is 0. The zero-order chi connectivity index (χ0) is 23.8. The number of halogens is 3. The SMILES string of the molecule is Cc1ccc(C2=C(C3=C(F)C=C(CC(C)(F)F)CC3)CCCc3cc(C(N)=O)ccc32)cc1. The summed E-state index contributed by atoms with van der Waals surface area (Å²) in [6, 6.07) is 13.6. The van der Waals surface area contributed by atoms with Crippen LogP contribution in [0.5, 0.6) is 0 Å². The van der Waals surface area contributed by atoms with Gasteiger partial charge in [-0.05, 0) is 97.6 Å². The molecule has 0 aromatic heterocycles. The molecule has 0 aliphatic heterocycles. The predicted octanol–water partition coefficient (Wildman–Crippen LogP) is 7.22. The lowest BCUT2D eigenvalue weighted by atomic mass is 9.83. The molecule has 2 aliphatic carbocycles. The number of fused-ring (bicyclic) bond motifs is 1. The first kappa shape index (κ1) is 23.1. The van der Waals surface area contributed by atoms with Gasteiger partial charge in [-0.15, -0.1) is 0 Å². The molecule has 2 aliphatic rings. The lowest BCUT2D eigenvalue weighted by Gasteiger charge is -2.23. The number of hydrogen-bond donors (Lipinski definition) is 1. The highest BCUT2D eigenvalue weighted by Crippen LogP contribution is 2.43. The predicted molar refractivity (Wildman–Crippen MR) is 126 cm³/mol. The minimum Gasteiger partial charge on any atom is -0.366 e. The number of alkyl halides is 2. The van der Waals surface area contributed by atoms with E-state index in [9.17, 15) is 13.6 Å². The molecular weight excluding hydrogens is 423 g/mol. The van der Waals surface area contributed by atoms with E-state index in [0.717, 1.165) is 53.2 Å². The van der Waals surface area contributed by atoms with Crippen molar-refractivity contribution in [3.8, 4) is 0 Å². The van der Waals surface area contributed by atoms with Gasteiger partial charge in [0, 0.05) is 12.0 Å². The third kappa shape index (κ3) is 5.13. The molecule has 2 aromatic carbocycles. The maximum absolute atomic E-state index is 15.4. The van der Waals surface area contributed by atoms with E-state index in [1.165, 1.54) is 6.08 Å². The standard InChI is InChI=1S/C28H28F3NO/c1-17-6-9-19(10-7-17)26-22-13-11-21(27(32)33)15-20(22)4-3-5-24(26)23-12-8-18(14-25(23)29)16-28(2,30)31/h6-7,9-11,13-15H,3-5,8,12,16H2,1-2H3,(H2,32,33). The summed E-state index contributed by atoms with van der Waals surface area (Å²) in [6.07, 6.45) is 3.90. The van der Waals surface area contributed by atoms with Gasteiger partial charge in [-0.25, -0.2) is 13.2 Å². The minimum absolute atomic E-state index is 0.396. The molecule has 0 unspecified atom stereocenters. The fourth-order valence-electron chi connectivity index (χ4n) is 4.87.